The largest absolute Gasteiger partial charge is 0.478 e. The third-order valence-electron chi connectivity index (χ3n) is 3.63. The molecule has 1 aromatic heterocycles. The molecule has 1 aliphatic carbocycles. The SMILES string of the molecule is CC1(C)CCC(Oc2cc(C(=O)O)c(Cl)cn2)CC1. The van der Waals surface area contributed by atoms with E-state index in [-0.39, 0.29) is 16.7 Å². The van der Waals surface area contributed by atoms with Crippen molar-refractivity contribution in [2.24, 2.45) is 5.41 Å². The van der Waals surface area contributed by atoms with E-state index in [1.54, 1.807) is 0 Å². The van der Waals surface area contributed by atoms with E-state index >= 15 is 0 Å². The van der Waals surface area contributed by atoms with Gasteiger partial charge in [0.05, 0.1) is 16.8 Å². The van der Waals surface area contributed by atoms with Crippen LogP contribution in [0, 0.1) is 5.41 Å². The maximum absolute atomic E-state index is 11.0. The predicted molar refractivity (Wildman–Crippen MR) is 72.9 cm³/mol. The lowest BCUT2D eigenvalue weighted by molar-refractivity contribution is 0.0694. The number of hydrogen-bond acceptors (Lipinski definition) is 3. The molecule has 0 aliphatic heterocycles. The third kappa shape index (κ3) is 3.60. The molecule has 0 radical (unpaired) electrons. The topological polar surface area (TPSA) is 59.4 Å². The Labute approximate surface area is 117 Å². The molecule has 0 amide bonds. The standard InChI is InChI=1S/C14H18ClNO3/c1-14(2)5-3-9(4-6-14)19-12-7-10(13(17)18)11(15)8-16-12/h7-9H,3-6H2,1-2H3,(H,17,18). The first-order valence-corrected chi connectivity index (χ1v) is 6.81. The van der Waals surface area contributed by atoms with E-state index in [0.717, 1.165) is 25.7 Å². The molecule has 1 heterocycles. The lowest BCUT2D eigenvalue weighted by Gasteiger charge is -2.34. The smallest absolute Gasteiger partial charge is 0.337 e. The molecule has 5 heteroatoms. The van der Waals surface area contributed by atoms with Gasteiger partial charge in [0, 0.05) is 6.07 Å². The molecule has 2 rings (SSSR count). The fraction of sp³-hybridized carbons (Fsp3) is 0.571. The van der Waals surface area contributed by atoms with E-state index < -0.39 is 5.97 Å². The molecular weight excluding hydrogens is 266 g/mol. The van der Waals surface area contributed by atoms with Gasteiger partial charge >= 0.3 is 5.97 Å². The molecule has 0 unspecified atom stereocenters. The van der Waals surface area contributed by atoms with Gasteiger partial charge in [-0.2, -0.15) is 0 Å². The van der Waals surface area contributed by atoms with Crippen molar-refractivity contribution < 1.29 is 14.6 Å². The minimum Gasteiger partial charge on any atom is -0.478 e. The number of aromatic carboxylic acids is 1. The van der Waals surface area contributed by atoms with Gasteiger partial charge in [-0.25, -0.2) is 9.78 Å². The first-order chi connectivity index (χ1) is 8.87. The van der Waals surface area contributed by atoms with Crippen LogP contribution >= 0.6 is 11.6 Å². The molecule has 1 saturated carbocycles. The summed E-state index contributed by atoms with van der Waals surface area (Å²) in [5.74, 6) is -0.728. The summed E-state index contributed by atoms with van der Waals surface area (Å²) in [7, 11) is 0. The van der Waals surface area contributed by atoms with Crippen molar-refractivity contribution in [3.8, 4) is 5.88 Å². The molecular formula is C14H18ClNO3. The van der Waals surface area contributed by atoms with Crippen LogP contribution in [0.15, 0.2) is 12.3 Å². The van der Waals surface area contributed by atoms with Gasteiger partial charge in [-0.3, -0.25) is 0 Å². The molecule has 4 nitrogen and oxygen atoms in total. The molecule has 0 aromatic carbocycles. The van der Waals surface area contributed by atoms with Crippen LogP contribution in [0.2, 0.25) is 5.02 Å². The molecule has 19 heavy (non-hydrogen) atoms. The van der Waals surface area contributed by atoms with Crippen molar-refractivity contribution in [3.63, 3.8) is 0 Å². The fourth-order valence-electron chi connectivity index (χ4n) is 2.31. The summed E-state index contributed by atoms with van der Waals surface area (Å²) in [4.78, 5) is 15.0. The fourth-order valence-corrected chi connectivity index (χ4v) is 2.49. The van der Waals surface area contributed by atoms with Gasteiger partial charge in [0.15, 0.2) is 0 Å². The maximum Gasteiger partial charge on any atom is 0.337 e. The molecule has 1 N–H and O–H groups in total. The van der Waals surface area contributed by atoms with Crippen molar-refractivity contribution >= 4 is 17.6 Å². The Morgan fingerprint density at radius 2 is 2.11 bits per heavy atom. The molecule has 1 aromatic rings. The molecule has 0 saturated heterocycles. The van der Waals surface area contributed by atoms with Crippen molar-refractivity contribution in [2.75, 3.05) is 0 Å². The minimum atomic E-state index is -1.07. The summed E-state index contributed by atoms with van der Waals surface area (Å²) >= 11 is 5.77. The van der Waals surface area contributed by atoms with E-state index in [1.807, 2.05) is 0 Å². The zero-order chi connectivity index (χ0) is 14.0. The summed E-state index contributed by atoms with van der Waals surface area (Å²) in [6.07, 6.45) is 5.60. The van der Waals surface area contributed by atoms with E-state index in [0.29, 0.717) is 11.3 Å². The number of nitrogens with zero attached hydrogens (tertiary/aromatic N) is 1. The summed E-state index contributed by atoms with van der Waals surface area (Å²) in [5.41, 5.74) is 0.405. The number of rotatable bonds is 3. The number of aromatic nitrogens is 1. The van der Waals surface area contributed by atoms with E-state index in [2.05, 4.69) is 18.8 Å². The minimum absolute atomic E-state index is 0.0304. The monoisotopic (exact) mass is 283 g/mol. The lowest BCUT2D eigenvalue weighted by atomic mass is 9.76. The molecule has 1 fully saturated rings. The van der Waals surface area contributed by atoms with E-state index in [4.69, 9.17) is 21.4 Å². The lowest BCUT2D eigenvalue weighted by Crippen LogP contribution is -2.28. The van der Waals surface area contributed by atoms with Crippen molar-refractivity contribution in [1.82, 2.24) is 4.98 Å². The van der Waals surface area contributed by atoms with Crippen molar-refractivity contribution in [2.45, 2.75) is 45.6 Å². The highest BCUT2D eigenvalue weighted by Gasteiger charge is 2.28. The Balaban J connectivity index is 2.04. The van der Waals surface area contributed by atoms with Gasteiger partial charge in [0.25, 0.3) is 0 Å². The van der Waals surface area contributed by atoms with Crippen LogP contribution in [0.25, 0.3) is 0 Å². The third-order valence-corrected chi connectivity index (χ3v) is 3.94. The first-order valence-electron chi connectivity index (χ1n) is 6.43. The molecule has 0 spiro atoms. The summed E-state index contributed by atoms with van der Waals surface area (Å²) in [6.45, 7) is 4.51. The predicted octanol–water partition coefficient (Wildman–Crippen LogP) is 3.78. The zero-order valence-electron chi connectivity index (χ0n) is 11.1. The highest BCUT2D eigenvalue weighted by Crippen LogP contribution is 2.36. The van der Waals surface area contributed by atoms with Crippen LogP contribution < -0.4 is 4.74 Å². The number of hydrogen-bond donors (Lipinski definition) is 1. The van der Waals surface area contributed by atoms with Crippen LogP contribution in [0.5, 0.6) is 5.88 Å². The van der Waals surface area contributed by atoms with Gasteiger partial charge in [-0.05, 0) is 31.1 Å². The van der Waals surface area contributed by atoms with Crippen molar-refractivity contribution in [1.29, 1.82) is 0 Å². The average Bonchev–Trinajstić information content (AvgIpc) is 2.34. The highest BCUT2D eigenvalue weighted by molar-refractivity contribution is 6.33. The van der Waals surface area contributed by atoms with Gasteiger partial charge < -0.3 is 9.84 Å². The van der Waals surface area contributed by atoms with Crippen LogP contribution in [0.1, 0.15) is 49.9 Å². The highest BCUT2D eigenvalue weighted by atomic mass is 35.5. The van der Waals surface area contributed by atoms with Crippen LogP contribution in [0.4, 0.5) is 0 Å². The van der Waals surface area contributed by atoms with Gasteiger partial charge in [0.2, 0.25) is 5.88 Å². The Bertz CT molecular complexity index is 478. The van der Waals surface area contributed by atoms with Crippen LogP contribution in [-0.2, 0) is 0 Å². The van der Waals surface area contributed by atoms with Crippen LogP contribution in [-0.4, -0.2) is 22.2 Å². The average molecular weight is 284 g/mol. The molecule has 0 atom stereocenters. The molecule has 0 bridgehead atoms. The van der Waals surface area contributed by atoms with Gasteiger partial charge in [0.1, 0.15) is 6.10 Å². The molecule has 1 aliphatic rings. The number of halogens is 1. The normalized spacial score (nSPS) is 19.1. The number of carbonyl (C=O) groups is 1. The van der Waals surface area contributed by atoms with Crippen LogP contribution in [0.3, 0.4) is 0 Å². The number of ether oxygens (including phenoxy) is 1. The van der Waals surface area contributed by atoms with E-state index in [1.165, 1.54) is 12.3 Å². The number of pyridine rings is 1. The quantitative estimate of drug-likeness (QED) is 0.917. The second-order valence-corrected chi connectivity index (χ2v) is 6.20. The van der Waals surface area contributed by atoms with Gasteiger partial charge in [-0.1, -0.05) is 25.4 Å². The molecule has 104 valence electrons. The Hall–Kier alpha value is -1.29. The Morgan fingerprint density at radius 3 is 2.68 bits per heavy atom. The number of carboxylic acid groups (broad SMARTS) is 1. The maximum atomic E-state index is 11.0. The Kier molecular flexibility index (Phi) is 3.99. The summed E-state index contributed by atoms with van der Waals surface area (Å²) in [5, 5.41) is 9.13. The van der Waals surface area contributed by atoms with E-state index in [9.17, 15) is 4.79 Å². The number of carboxylic acids is 1. The summed E-state index contributed by atoms with van der Waals surface area (Å²) in [6, 6.07) is 1.39. The summed E-state index contributed by atoms with van der Waals surface area (Å²) < 4.78 is 5.76. The second kappa shape index (κ2) is 5.37. The van der Waals surface area contributed by atoms with Crippen molar-refractivity contribution in [3.05, 3.63) is 22.8 Å². The zero-order valence-corrected chi connectivity index (χ0v) is 11.9. The Morgan fingerprint density at radius 1 is 1.47 bits per heavy atom. The first kappa shape index (κ1) is 14.1. The van der Waals surface area contributed by atoms with Gasteiger partial charge in [-0.15, -0.1) is 0 Å². The second-order valence-electron chi connectivity index (χ2n) is 5.79.